The van der Waals surface area contributed by atoms with E-state index in [1.165, 1.54) is 6.08 Å². The van der Waals surface area contributed by atoms with Gasteiger partial charge in [0.25, 0.3) is 0 Å². The monoisotopic (exact) mass is 247 g/mol. The predicted octanol–water partition coefficient (Wildman–Crippen LogP) is 0.944. The highest BCUT2D eigenvalue weighted by Crippen LogP contribution is 2.32. The summed E-state index contributed by atoms with van der Waals surface area (Å²) < 4.78 is 15.5. The summed E-state index contributed by atoms with van der Waals surface area (Å²) in [7, 11) is 0. The first-order valence-corrected chi connectivity index (χ1v) is 5.78. The van der Waals surface area contributed by atoms with Crippen molar-refractivity contribution in [2.75, 3.05) is 19.9 Å². The number of amides is 1. The summed E-state index contributed by atoms with van der Waals surface area (Å²) in [6.45, 7) is 1.57. The fraction of sp³-hybridized carbons (Fsp3) is 0.308. The zero-order valence-corrected chi connectivity index (χ0v) is 9.72. The lowest BCUT2D eigenvalue weighted by atomic mass is 10.2. The van der Waals surface area contributed by atoms with E-state index in [0.29, 0.717) is 12.3 Å². The third-order valence-corrected chi connectivity index (χ3v) is 2.73. The first kappa shape index (κ1) is 11.1. The van der Waals surface area contributed by atoms with Crippen molar-refractivity contribution in [2.45, 2.75) is 6.10 Å². The molecule has 1 amide bonds. The van der Waals surface area contributed by atoms with Gasteiger partial charge in [-0.1, -0.05) is 6.07 Å². The SMILES string of the molecule is O=C(/C=C/c1ccc2c(c1)OCO2)NC[C@@H]1CO1. The van der Waals surface area contributed by atoms with Gasteiger partial charge < -0.3 is 19.5 Å². The highest BCUT2D eigenvalue weighted by Gasteiger charge is 2.22. The molecule has 18 heavy (non-hydrogen) atoms. The maximum Gasteiger partial charge on any atom is 0.244 e. The molecule has 5 nitrogen and oxygen atoms in total. The summed E-state index contributed by atoms with van der Waals surface area (Å²) in [5.41, 5.74) is 0.900. The van der Waals surface area contributed by atoms with Crippen LogP contribution in [0.2, 0.25) is 0 Å². The fourth-order valence-corrected chi connectivity index (χ4v) is 1.65. The lowest BCUT2D eigenvalue weighted by Crippen LogP contribution is -2.25. The Kier molecular flexibility index (Phi) is 2.90. The van der Waals surface area contributed by atoms with Gasteiger partial charge in [0.1, 0.15) is 0 Å². The Labute approximate surface area is 104 Å². The van der Waals surface area contributed by atoms with Gasteiger partial charge in [-0.25, -0.2) is 0 Å². The van der Waals surface area contributed by atoms with Crippen molar-refractivity contribution in [3.8, 4) is 11.5 Å². The Hall–Kier alpha value is -2.01. The number of hydrogen-bond acceptors (Lipinski definition) is 4. The van der Waals surface area contributed by atoms with Crippen LogP contribution in [0.15, 0.2) is 24.3 Å². The fourth-order valence-electron chi connectivity index (χ4n) is 1.65. The standard InChI is InChI=1S/C13H13NO4/c15-13(14-6-10-7-16-10)4-2-9-1-3-11-12(5-9)18-8-17-11/h1-5,10H,6-8H2,(H,14,15)/b4-2+/t10-/m1/s1. The highest BCUT2D eigenvalue weighted by atomic mass is 16.7. The van der Waals surface area contributed by atoms with Crippen molar-refractivity contribution in [2.24, 2.45) is 0 Å². The molecule has 94 valence electrons. The van der Waals surface area contributed by atoms with Gasteiger partial charge in [-0.15, -0.1) is 0 Å². The van der Waals surface area contributed by atoms with E-state index in [2.05, 4.69) is 5.32 Å². The topological polar surface area (TPSA) is 60.1 Å². The maximum absolute atomic E-state index is 11.5. The molecule has 2 aliphatic heterocycles. The van der Waals surface area contributed by atoms with E-state index in [1.54, 1.807) is 6.08 Å². The van der Waals surface area contributed by atoms with E-state index in [-0.39, 0.29) is 18.8 Å². The van der Waals surface area contributed by atoms with Gasteiger partial charge in [0.05, 0.1) is 12.7 Å². The van der Waals surface area contributed by atoms with Gasteiger partial charge in [0, 0.05) is 12.6 Å². The molecule has 1 aromatic carbocycles. The van der Waals surface area contributed by atoms with Crippen LogP contribution in [-0.2, 0) is 9.53 Å². The molecule has 1 saturated heterocycles. The van der Waals surface area contributed by atoms with Gasteiger partial charge in [0.15, 0.2) is 11.5 Å². The quantitative estimate of drug-likeness (QED) is 0.635. The first-order chi connectivity index (χ1) is 8.81. The number of fused-ring (bicyclic) bond motifs is 1. The van der Waals surface area contributed by atoms with Crippen LogP contribution in [0.25, 0.3) is 6.08 Å². The number of epoxide rings is 1. The van der Waals surface area contributed by atoms with Crippen LogP contribution in [0, 0.1) is 0 Å². The predicted molar refractivity (Wildman–Crippen MR) is 64.3 cm³/mol. The van der Waals surface area contributed by atoms with Crippen LogP contribution >= 0.6 is 0 Å². The molecule has 1 atom stereocenters. The van der Waals surface area contributed by atoms with Crippen LogP contribution in [0.1, 0.15) is 5.56 Å². The van der Waals surface area contributed by atoms with Crippen LogP contribution in [-0.4, -0.2) is 32.0 Å². The molecule has 0 bridgehead atoms. The normalized spacial score (nSPS) is 20.1. The molecule has 1 aromatic rings. The van der Waals surface area contributed by atoms with Gasteiger partial charge >= 0.3 is 0 Å². The number of benzene rings is 1. The first-order valence-electron chi connectivity index (χ1n) is 5.78. The Morgan fingerprint density at radius 2 is 2.22 bits per heavy atom. The number of ether oxygens (including phenoxy) is 3. The Morgan fingerprint density at radius 1 is 1.39 bits per heavy atom. The largest absolute Gasteiger partial charge is 0.454 e. The minimum atomic E-state index is -0.122. The molecule has 0 aliphatic carbocycles. The second-order valence-corrected chi connectivity index (χ2v) is 4.15. The van der Waals surface area contributed by atoms with Crippen LogP contribution in [0.3, 0.4) is 0 Å². The van der Waals surface area contributed by atoms with Crippen molar-refractivity contribution < 1.29 is 19.0 Å². The molecule has 0 unspecified atom stereocenters. The van der Waals surface area contributed by atoms with Crippen molar-refractivity contribution in [3.63, 3.8) is 0 Å². The number of hydrogen-bond donors (Lipinski definition) is 1. The molecule has 1 fully saturated rings. The maximum atomic E-state index is 11.5. The van der Waals surface area contributed by atoms with Crippen molar-refractivity contribution in [3.05, 3.63) is 29.8 Å². The molecule has 0 spiro atoms. The molecular formula is C13H13NO4. The molecular weight excluding hydrogens is 234 g/mol. The third-order valence-electron chi connectivity index (χ3n) is 2.73. The zero-order valence-electron chi connectivity index (χ0n) is 9.72. The van der Waals surface area contributed by atoms with E-state index in [4.69, 9.17) is 14.2 Å². The summed E-state index contributed by atoms with van der Waals surface area (Å²) in [6, 6.07) is 5.55. The highest BCUT2D eigenvalue weighted by molar-refractivity contribution is 5.91. The Balaban J connectivity index is 1.59. The van der Waals surface area contributed by atoms with E-state index in [9.17, 15) is 4.79 Å². The van der Waals surface area contributed by atoms with Gasteiger partial charge in [-0.3, -0.25) is 4.79 Å². The Bertz CT molecular complexity index is 494. The summed E-state index contributed by atoms with van der Waals surface area (Å²) in [4.78, 5) is 11.5. The molecule has 2 aliphatic rings. The van der Waals surface area contributed by atoms with Crippen molar-refractivity contribution in [1.29, 1.82) is 0 Å². The molecule has 0 radical (unpaired) electrons. The minimum absolute atomic E-state index is 0.122. The second kappa shape index (κ2) is 4.70. The Morgan fingerprint density at radius 3 is 3.06 bits per heavy atom. The van der Waals surface area contributed by atoms with Gasteiger partial charge in [0.2, 0.25) is 12.7 Å². The lowest BCUT2D eigenvalue weighted by Gasteiger charge is -1.99. The smallest absolute Gasteiger partial charge is 0.244 e. The molecule has 5 heteroatoms. The number of carbonyl (C=O) groups excluding carboxylic acids is 1. The van der Waals surface area contributed by atoms with E-state index < -0.39 is 0 Å². The van der Waals surface area contributed by atoms with Crippen molar-refractivity contribution >= 4 is 12.0 Å². The number of nitrogens with one attached hydrogen (secondary N) is 1. The van der Waals surface area contributed by atoms with Crippen molar-refractivity contribution in [1.82, 2.24) is 5.32 Å². The molecule has 1 N–H and O–H groups in total. The molecule has 0 aromatic heterocycles. The lowest BCUT2D eigenvalue weighted by molar-refractivity contribution is -0.116. The van der Waals surface area contributed by atoms with E-state index >= 15 is 0 Å². The second-order valence-electron chi connectivity index (χ2n) is 4.15. The average Bonchev–Trinajstić information content (AvgIpc) is 3.10. The molecule has 0 saturated carbocycles. The van der Waals surface area contributed by atoms with Crippen LogP contribution < -0.4 is 14.8 Å². The molecule has 3 rings (SSSR count). The number of carbonyl (C=O) groups is 1. The summed E-state index contributed by atoms with van der Waals surface area (Å²) in [5.74, 6) is 1.33. The van der Waals surface area contributed by atoms with E-state index in [1.807, 2.05) is 18.2 Å². The summed E-state index contributed by atoms with van der Waals surface area (Å²) in [6.07, 6.45) is 3.44. The van der Waals surface area contributed by atoms with Crippen LogP contribution in [0.4, 0.5) is 0 Å². The summed E-state index contributed by atoms with van der Waals surface area (Å²) in [5, 5.41) is 2.76. The van der Waals surface area contributed by atoms with Gasteiger partial charge in [-0.05, 0) is 23.8 Å². The van der Waals surface area contributed by atoms with Gasteiger partial charge in [-0.2, -0.15) is 0 Å². The molecule has 2 heterocycles. The zero-order chi connectivity index (χ0) is 12.4. The minimum Gasteiger partial charge on any atom is -0.454 e. The summed E-state index contributed by atoms with van der Waals surface area (Å²) >= 11 is 0. The number of rotatable bonds is 4. The van der Waals surface area contributed by atoms with Crippen LogP contribution in [0.5, 0.6) is 11.5 Å². The third kappa shape index (κ3) is 2.62. The van der Waals surface area contributed by atoms with E-state index in [0.717, 1.165) is 17.9 Å². The average molecular weight is 247 g/mol.